The first-order valence-electron chi connectivity index (χ1n) is 11.7. The van der Waals surface area contributed by atoms with Crippen LogP contribution < -0.4 is 15.3 Å². The zero-order chi connectivity index (χ0) is 23.0. The fraction of sp³-hybridized carbons (Fsp3) is 0.440. The van der Waals surface area contributed by atoms with E-state index < -0.39 is 0 Å². The number of piperazine rings is 1. The van der Waals surface area contributed by atoms with E-state index in [1.54, 1.807) is 4.57 Å². The van der Waals surface area contributed by atoms with Crippen LogP contribution in [0.1, 0.15) is 19.2 Å². The van der Waals surface area contributed by atoms with E-state index in [0.717, 1.165) is 62.2 Å². The third-order valence-electron chi connectivity index (χ3n) is 6.05. The van der Waals surface area contributed by atoms with Gasteiger partial charge in [-0.1, -0.05) is 35.9 Å². The largest absolute Gasteiger partial charge is 0.492 e. The van der Waals surface area contributed by atoms with Gasteiger partial charge < -0.3 is 9.64 Å². The Kier molecular flexibility index (Phi) is 9.86. The van der Waals surface area contributed by atoms with Crippen LogP contribution in [0.15, 0.2) is 59.4 Å². The Hall–Kier alpha value is -2.48. The summed E-state index contributed by atoms with van der Waals surface area (Å²) in [5.41, 5.74) is 1.13. The molecule has 2 heterocycles. The quantitative estimate of drug-likeness (QED) is 0.417. The van der Waals surface area contributed by atoms with Crippen LogP contribution in [0.2, 0.25) is 5.02 Å². The minimum absolute atomic E-state index is 0. The summed E-state index contributed by atoms with van der Waals surface area (Å²) < 4.78 is 9.04. The Balaban J connectivity index is 0.00000324. The van der Waals surface area contributed by atoms with Gasteiger partial charge in [-0.3, -0.25) is 9.47 Å². The molecule has 7 nitrogen and oxygen atoms in total. The summed E-state index contributed by atoms with van der Waals surface area (Å²) >= 11 is 6.14. The standard InChI is InChI=1S/C25H32ClN5O2.ClH/c1-2-30-24(27-31(25(30)32)18-19-33-23-10-4-3-5-11-23)12-7-13-28-14-16-29(17-15-28)22-9-6-8-21(26)20-22;/h3-6,8-11,20H,2,7,12-19H2,1H3;1H. The number of hydrogen-bond donors (Lipinski definition) is 0. The summed E-state index contributed by atoms with van der Waals surface area (Å²) in [4.78, 5) is 17.6. The number of hydrogen-bond acceptors (Lipinski definition) is 5. The van der Waals surface area contributed by atoms with Crippen molar-refractivity contribution in [2.75, 3.05) is 44.2 Å². The molecule has 0 spiro atoms. The van der Waals surface area contributed by atoms with E-state index in [1.807, 2.05) is 55.5 Å². The topological polar surface area (TPSA) is 55.5 Å². The number of aromatic nitrogens is 3. The van der Waals surface area contributed by atoms with Crippen LogP contribution in [-0.4, -0.2) is 58.6 Å². The second-order valence-electron chi connectivity index (χ2n) is 8.24. The summed E-state index contributed by atoms with van der Waals surface area (Å²) in [6.07, 6.45) is 1.78. The minimum Gasteiger partial charge on any atom is -0.492 e. The molecule has 0 atom stereocenters. The molecule has 1 aromatic heterocycles. The first-order valence-corrected chi connectivity index (χ1v) is 12.1. The molecule has 1 fully saturated rings. The van der Waals surface area contributed by atoms with E-state index in [0.29, 0.717) is 19.7 Å². The van der Waals surface area contributed by atoms with E-state index in [-0.39, 0.29) is 18.1 Å². The van der Waals surface area contributed by atoms with Crippen molar-refractivity contribution < 1.29 is 4.74 Å². The summed E-state index contributed by atoms with van der Waals surface area (Å²) in [6.45, 7) is 8.53. The smallest absolute Gasteiger partial charge is 0.346 e. The third kappa shape index (κ3) is 6.78. The fourth-order valence-electron chi connectivity index (χ4n) is 4.26. The van der Waals surface area contributed by atoms with Gasteiger partial charge in [0.15, 0.2) is 0 Å². The number of aryl methyl sites for hydroxylation is 1. The van der Waals surface area contributed by atoms with Crippen LogP contribution in [0.4, 0.5) is 5.69 Å². The summed E-state index contributed by atoms with van der Waals surface area (Å²) in [5.74, 6) is 1.66. The molecule has 1 aliphatic heterocycles. The van der Waals surface area contributed by atoms with Crippen LogP contribution in [0, 0.1) is 0 Å². The van der Waals surface area contributed by atoms with Gasteiger partial charge in [0.25, 0.3) is 0 Å². The highest BCUT2D eigenvalue weighted by molar-refractivity contribution is 6.30. The number of anilines is 1. The van der Waals surface area contributed by atoms with E-state index in [1.165, 1.54) is 10.4 Å². The Bertz CT molecular complexity index is 1080. The zero-order valence-electron chi connectivity index (χ0n) is 19.6. The molecule has 4 rings (SSSR count). The highest BCUT2D eigenvalue weighted by Gasteiger charge is 2.18. The van der Waals surface area contributed by atoms with Crippen molar-refractivity contribution in [1.82, 2.24) is 19.2 Å². The molecular weight excluding hydrogens is 473 g/mol. The maximum Gasteiger partial charge on any atom is 0.346 e. The summed E-state index contributed by atoms with van der Waals surface area (Å²) in [6, 6.07) is 17.7. The van der Waals surface area contributed by atoms with E-state index in [2.05, 4.69) is 21.0 Å². The lowest BCUT2D eigenvalue weighted by Crippen LogP contribution is -2.46. The number of halogens is 2. The van der Waals surface area contributed by atoms with Gasteiger partial charge in [0.05, 0.1) is 6.54 Å². The van der Waals surface area contributed by atoms with Gasteiger partial charge in [-0.25, -0.2) is 9.48 Å². The molecule has 0 amide bonds. The number of rotatable bonds is 10. The monoisotopic (exact) mass is 505 g/mol. The minimum atomic E-state index is -0.0562. The average molecular weight is 506 g/mol. The predicted octanol–water partition coefficient (Wildman–Crippen LogP) is 3.97. The van der Waals surface area contributed by atoms with Gasteiger partial charge in [-0.2, -0.15) is 5.10 Å². The molecule has 1 aliphatic rings. The maximum absolute atomic E-state index is 12.7. The second kappa shape index (κ2) is 12.8. The Labute approximate surface area is 212 Å². The van der Waals surface area contributed by atoms with Crippen molar-refractivity contribution in [3.63, 3.8) is 0 Å². The summed E-state index contributed by atoms with van der Waals surface area (Å²) in [5, 5.41) is 5.38. The maximum atomic E-state index is 12.7. The lowest BCUT2D eigenvalue weighted by molar-refractivity contribution is 0.254. The molecule has 0 N–H and O–H groups in total. The van der Waals surface area contributed by atoms with Crippen LogP contribution >= 0.6 is 24.0 Å². The fourth-order valence-corrected chi connectivity index (χ4v) is 4.45. The van der Waals surface area contributed by atoms with Crippen molar-refractivity contribution in [1.29, 1.82) is 0 Å². The lowest BCUT2D eigenvalue weighted by atomic mass is 10.2. The van der Waals surface area contributed by atoms with Crippen molar-refractivity contribution in [2.45, 2.75) is 32.9 Å². The van der Waals surface area contributed by atoms with Crippen LogP contribution in [0.3, 0.4) is 0 Å². The van der Waals surface area contributed by atoms with Crippen molar-refractivity contribution in [3.8, 4) is 5.75 Å². The molecule has 9 heteroatoms. The zero-order valence-corrected chi connectivity index (χ0v) is 21.2. The molecule has 184 valence electrons. The van der Waals surface area contributed by atoms with Gasteiger partial charge in [0, 0.05) is 49.9 Å². The number of nitrogens with zero attached hydrogens (tertiary/aromatic N) is 5. The SMILES string of the molecule is CCn1c(CCCN2CCN(c3cccc(Cl)c3)CC2)nn(CCOc2ccccc2)c1=O.Cl. The molecule has 0 radical (unpaired) electrons. The Morgan fingerprint density at radius 2 is 1.76 bits per heavy atom. The molecule has 0 aliphatic carbocycles. The van der Waals surface area contributed by atoms with Crippen molar-refractivity contribution >= 4 is 29.7 Å². The Morgan fingerprint density at radius 3 is 2.47 bits per heavy atom. The molecule has 0 saturated carbocycles. The highest BCUT2D eigenvalue weighted by Crippen LogP contribution is 2.20. The first-order chi connectivity index (χ1) is 16.1. The first kappa shape index (κ1) is 26.1. The van der Waals surface area contributed by atoms with Crippen LogP contribution in [0.25, 0.3) is 0 Å². The van der Waals surface area contributed by atoms with E-state index in [9.17, 15) is 4.79 Å². The van der Waals surface area contributed by atoms with Gasteiger partial charge in [-0.15, -0.1) is 12.4 Å². The average Bonchev–Trinajstić information content (AvgIpc) is 3.14. The van der Waals surface area contributed by atoms with Crippen LogP contribution in [-0.2, 0) is 19.5 Å². The number of para-hydroxylation sites is 1. The third-order valence-corrected chi connectivity index (χ3v) is 6.29. The second-order valence-corrected chi connectivity index (χ2v) is 8.68. The Morgan fingerprint density at radius 1 is 1.00 bits per heavy atom. The molecule has 3 aromatic rings. The predicted molar refractivity (Wildman–Crippen MR) is 140 cm³/mol. The number of ether oxygens (including phenoxy) is 1. The van der Waals surface area contributed by atoms with E-state index >= 15 is 0 Å². The lowest BCUT2D eigenvalue weighted by Gasteiger charge is -2.36. The number of benzene rings is 2. The highest BCUT2D eigenvalue weighted by atomic mass is 35.5. The van der Waals surface area contributed by atoms with E-state index in [4.69, 9.17) is 16.3 Å². The van der Waals surface area contributed by atoms with Gasteiger partial charge in [0.1, 0.15) is 18.2 Å². The molecule has 1 saturated heterocycles. The van der Waals surface area contributed by atoms with Crippen molar-refractivity contribution in [2.24, 2.45) is 0 Å². The van der Waals surface area contributed by atoms with Crippen LogP contribution in [0.5, 0.6) is 5.75 Å². The van der Waals surface area contributed by atoms with Gasteiger partial charge in [0.2, 0.25) is 0 Å². The molecule has 2 aromatic carbocycles. The molecule has 0 unspecified atom stereocenters. The van der Waals surface area contributed by atoms with Gasteiger partial charge in [-0.05, 0) is 50.2 Å². The van der Waals surface area contributed by atoms with Crippen molar-refractivity contribution in [3.05, 3.63) is 75.9 Å². The van der Waals surface area contributed by atoms with Gasteiger partial charge >= 0.3 is 5.69 Å². The molecular formula is C25H33Cl2N5O2. The molecule has 0 bridgehead atoms. The summed E-state index contributed by atoms with van der Waals surface area (Å²) in [7, 11) is 0. The normalized spacial score (nSPS) is 14.1. The molecule has 34 heavy (non-hydrogen) atoms.